The van der Waals surface area contributed by atoms with Gasteiger partial charge in [0.25, 0.3) is 5.91 Å². The van der Waals surface area contributed by atoms with E-state index in [1.165, 1.54) is 0 Å². The Kier molecular flexibility index (Phi) is 4.17. The number of aryl methyl sites for hydroxylation is 1. The predicted octanol–water partition coefficient (Wildman–Crippen LogP) is 1.69. The molecule has 0 bridgehead atoms. The fourth-order valence-corrected chi connectivity index (χ4v) is 2.12. The van der Waals surface area contributed by atoms with Gasteiger partial charge in [-0.1, -0.05) is 6.07 Å². The maximum absolute atomic E-state index is 11.9. The van der Waals surface area contributed by atoms with Crippen molar-refractivity contribution in [1.29, 1.82) is 0 Å². The number of fused-ring (bicyclic) bond motifs is 1. The molecule has 0 fully saturated rings. The Labute approximate surface area is 114 Å². The summed E-state index contributed by atoms with van der Waals surface area (Å²) in [7, 11) is 0. The molecule has 110 valence electrons. The highest BCUT2D eigenvalue weighted by Crippen LogP contribution is 2.31. The van der Waals surface area contributed by atoms with E-state index in [1.54, 1.807) is 17.4 Å². The first-order valence-corrected chi connectivity index (χ1v) is 6.20. The summed E-state index contributed by atoms with van der Waals surface area (Å²) >= 11 is 0. The average molecular weight is 288 g/mol. The summed E-state index contributed by atoms with van der Waals surface area (Å²) in [4.78, 5) is 11.2. The van der Waals surface area contributed by atoms with Gasteiger partial charge in [0.1, 0.15) is 12.3 Å². The van der Waals surface area contributed by atoms with Gasteiger partial charge >= 0.3 is 6.18 Å². The smallest absolute Gasteiger partial charge is 0.405 e. The molecule has 2 rings (SSSR count). The van der Waals surface area contributed by atoms with Gasteiger partial charge in [-0.25, -0.2) is 0 Å². The van der Waals surface area contributed by atoms with Gasteiger partial charge in [-0.15, -0.1) is 0 Å². The summed E-state index contributed by atoms with van der Waals surface area (Å²) in [5.41, 5.74) is 8.00. The Balaban J connectivity index is 1.84. The lowest BCUT2D eigenvalue weighted by molar-refractivity contribution is -0.139. The number of nitrogens with two attached hydrogens (primary N) is 1. The molecule has 1 atom stereocenters. The number of ether oxygens (including phenoxy) is 1. The number of benzene rings is 1. The Hall–Kier alpha value is -1.76. The molecular weight excluding hydrogens is 273 g/mol. The summed E-state index contributed by atoms with van der Waals surface area (Å²) < 4.78 is 40.9. The molecule has 0 saturated heterocycles. The van der Waals surface area contributed by atoms with Crippen LogP contribution in [0, 0.1) is 0 Å². The molecule has 0 spiro atoms. The number of rotatable bonds is 4. The van der Waals surface area contributed by atoms with Gasteiger partial charge in [0.15, 0.2) is 6.61 Å². The Bertz CT molecular complexity index is 503. The van der Waals surface area contributed by atoms with Gasteiger partial charge in [-0.2, -0.15) is 13.2 Å². The molecule has 0 radical (unpaired) electrons. The van der Waals surface area contributed by atoms with Gasteiger partial charge in [0.2, 0.25) is 0 Å². The molecule has 1 aromatic rings. The fraction of sp³-hybridized carbons (Fsp3) is 0.462. The van der Waals surface area contributed by atoms with Crippen LogP contribution in [0.25, 0.3) is 0 Å². The molecule has 0 heterocycles. The number of amides is 1. The molecule has 0 aromatic heterocycles. The largest absolute Gasteiger partial charge is 0.484 e. The van der Waals surface area contributed by atoms with Gasteiger partial charge < -0.3 is 15.8 Å². The van der Waals surface area contributed by atoms with Crippen LogP contribution in [0.2, 0.25) is 0 Å². The molecule has 1 aromatic carbocycles. The first-order valence-electron chi connectivity index (χ1n) is 6.20. The zero-order valence-corrected chi connectivity index (χ0v) is 10.7. The minimum Gasteiger partial charge on any atom is -0.484 e. The van der Waals surface area contributed by atoms with Crippen LogP contribution in [0.5, 0.6) is 5.75 Å². The van der Waals surface area contributed by atoms with Crippen molar-refractivity contribution < 1.29 is 22.7 Å². The lowest BCUT2D eigenvalue weighted by Gasteiger charge is -2.11. The molecule has 0 aliphatic heterocycles. The van der Waals surface area contributed by atoms with Crippen LogP contribution in [0.4, 0.5) is 13.2 Å². The third-order valence-electron chi connectivity index (χ3n) is 3.09. The van der Waals surface area contributed by atoms with Crippen molar-refractivity contribution in [2.45, 2.75) is 25.1 Å². The summed E-state index contributed by atoms with van der Waals surface area (Å²) in [5.74, 6) is -0.348. The van der Waals surface area contributed by atoms with Crippen molar-refractivity contribution in [2.75, 3.05) is 13.2 Å². The molecule has 0 saturated carbocycles. The molecule has 20 heavy (non-hydrogen) atoms. The molecule has 3 N–H and O–H groups in total. The number of halogens is 3. The minimum absolute atomic E-state index is 0.0223. The Morgan fingerprint density at radius 2 is 2.20 bits per heavy atom. The zero-order chi connectivity index (χ0) is 14.8. The molecule has 1 aliphatic rings. The van der Waals surface area contributed by atoms with E-state index in [4.69, 9.17) is 10.5 Å². The van der Waals surface area contributed by atoms with E-state index in [2.05, 4.69) is 0 Å². The van der Waals surface area contributed by atoms with E-state index in [1.807, 2.05) is 6.07 Å². The van der Waals surface area contributed by atoms with E-state index >= 15 is 0 Å². The number of nitrogens with one attached hydrogen (secondary N) is 1. The fourth-order valence-electron chi connectivity index (χ4n) is 2.12. The monoisotopic (exact) mass is 288 g/mol. The SMILES string of the molecule is N[C@H]1CCc2cc(OCC(=O)NCC(F)(F)F)ccc21. The molecular formula is C13H15F3N2O2. The van der Waals surface area contributed by atoms with Crippen LogP contribution in [0.1, 0.15) is 23.6 Å². The molecule has 1 amide bonds. The molecule has 0 unspecified atom stereocenters. The topological polar surface area (TPSA) is 64.3 Å². The van der Waals surface area contributed by atoms with Crippen molar-refractivity contribution in [1.82, 2.24) is 5.32 Å². The Morgan fingerprint density at radius 1 is 1.45 bits per heavy atom. The third kappa shape index (κ3) is 3.86. The first kappa shape index (κ1) is 14.6. The van der Waals surface area contributed by atoms with Crippen LogP contribution in [0.3, 0.4) is 0 Å². The summed E-state index contributed by atoms with van der Waals surface area (Å²) in [6.07, 6.45) is -2.71. The van der Waals surface area contributed by atoms with E-state index < -0.39 is 25.2 Å². The number of hydrogen-bond donors (Lipinski definition) is 2. The van der Waals surface area contributed by atoms with E-state index in [-0.39, 0.29) is 6.04 Å². The normalized spacial score (nSPS) is 17.7. The van der Waals surface area contributed by atoms with Gasteiger partial charge in [0.05, 0.1) is 0 Å². The van der Waals surface area contributed by atoms with Crippen LogP contribution >= 0.6 is 0 Å². The number of alkyl halides is 3. The maximum atomic E-state index is 11.9. The Morgan fingerprint density at radius 3 is 2.90 bits per heavy atom. The first-order chi connectivity index (χ1) is 9.35. The third-order valence-corrected chi connectivity index (χ3v) is 3.09. The highest BCUT2D eigenvalue weighted by atomic mass is 19.4. The second kappa shape index (κ2) is 5.70. The van der Waals surface area contributed by atoms with Crippen molar-refractivity contribution in [3.8, 4) is 5.75 Å². The number of hydrogen-bond acceptors (Lipinski definition) is 3. The van der Waals surface area contributed by atoms with E-state index in [9.17, 15) is 18.0 Å². The van der Waals surface area contributed by atoms with Crippen molar-refractivity contribution in [3.05, 3.63) is 29.3 Å². The second-order valence-electron chi connectivity index (χ2n) is 4.69. The zero-order valence-electron chi connectivity index (χ0n) is 10.7. The van der Waals surface area contributed by atoms with Crippen LogP contribution in [-0.2, 0) is 11.2 Å². The lowest BCUT2D eigenvalue weighted by Crippen LogP contribution is -2.36. The van der Waals surface area contributed by atoms with Crippen LogP contribution in [-0.4, -0.2) is 25.2 Å². The van der Waals surface area contributed by atoms with Crippen molar-refractivity contribution in [2.24, 2.45) is 5.73 Å². The standard InChI is InChI=1S/C13H15F3N2O2/c14-13(15,16)7-18-12(19)6-20-9-2-3-10-8(5-9)1-4-11(10)17/h2-3,5,11H,1,4,6-7,17H2,(H,18,19)/t11-/m0/s1. The molecule has 7 heteroatoms. The molecule has 1 aliphatic carbocycles. The summed E-state index contributed by atoms with van der Waals surface area (Å²) in [5, 5.41) is 1.74. The van der Waals surface area contributed by atoms with E-state index in [0.29, 0.717) is 5.75 Å². The van der Waals surface area contributed by atoms with Crippen molar-refractivity contribution >= 4 is 5.91 Å². The minimum atomic E-state index is -4.42. The summed E-state index contributed by atoms with van der Waals surface area (Å²) in [6, 6.07) is 5.30. The van der Waals surface area contributed by atoms with Gasteiger partial charge in [0, 0.05) is 6.04 Å². The van der Waals surface area contributed by atoms with Crippen LogP contribution < -0.4 is 15.8 Å². The molecule has 4 nitrogen and oxygen atoms in total. The highest BCUT2D eigenvalue weighted by molar-refractivity contribution is 5.77. The second-order valence-corrected chi connectivity index (χ2v) is 4.69. The predicted molar refractivity (Wildman–Crippen MR) is 66.3 cm³/mol. The van der Waals surface area contributed by atoms with Crippen LogP contribution in [0.15, 0.2) is 18.2 Å². The lowest BCUT2D eigenvalue weighted by atomic mass is 10.1. The average Bonchev–Trinajstić information content (AvgIpc) is 2.74. The van der Waals surface area contributed by atoms with Crippen molar-refractivity contribution in [3.63, 3.8) is 0 Å². The summed E-state index contributed by atoms with van der Waals surface area (Å²) in [6.45, 7) is -1.80. The number of carbonyl (C=O) groups is 1. The van der Waals surface area contributed by atoms with Gasteiger partial charge in [-0.3, -0.25) is 4.79 Å². The van der Waals surface area contributed by atoms with Gasteiger partial charge in [-0.05, 0) is 36.1 Å². The number of carbonyl (C=O) groups excluding carboxylic acids is 1. The quantitative estimate of drug-likeness (QED) is 0.886. The highest BCUT2D eigenvalue weighted by Gasteiger charge is 2.27. The van der Waals surface area contributed by atoms with E-state index in [0.717, 1.165) is 24.0 Å². The maximum Gasteiger partial charge on any atom is 0.405 e.